The molecule has 0 aliphatic carbocycles. The van der Waals surface area contributed by atoms with Gasteiger partial charge in [-0.3, -0.25) is 9.59 Å². The molecule has 30 heavy (non-hydrogen) atoms. The zero-order valence-corrected chi connectivity index (χ0v) is 17.5. The molecule has 5 aromatic rings. The first kappa shape index (κ1) is 18.6. The molecule has 0 aliphatic heterocycles. The number of hydrogen-bond donors (Lipinski definition) is 1. The lowest BCUT2D eigenvalue weighted by Crippen LogP contribution is -2.13. The first-order chi connectivity index (χ1) is 14.5. The van der Waals surface area contributed by atoms with Crippen LogP contribution in [0.4, 0.5) is 0 Å². The lowest BCUT2D eigenvalue weighted by molar-refractivity contribution is 0.821. The van der Waals surface area contributed by atoms with Crippen molar-refractivity contribution in [1.29, 1.82) is 0 Å². The number of benzene rings is 3. The second-order valence-corrected chi connectivity index (χ2v) is 7.88. The predicted octanol–water partition coefficient (Wildman–Crippen LogP) is 5.29. The van der Waals surface area contributed by atoms with Gasteiger partial charge in [0.05, 0.1) is 16.6 Å². The molecule has 0 amide bonds. The van der Waals surface area contributed by atoms with Gasteiger partial charge in [0.15, 0.2) is 10.9 Å². The van der Waals surface area contributed by atoms with Gasteiger partial charge < -0.3 is 9.55 Å². The van der Waals surface area contributed by atoms with Crippen LogP contribution in [0.15, 0.2) is 58.1 Å². The number of nitrogens with zero attached hydrogens (tertiary/aromatic N) is 1. The van der Waals surface area contributed by atoms with Crippen molar-refractivity contribution in [2.45, 2.75) is 40.2 Å². The van der Waals surface area contributed by atoms with Crippen LogP contribution in [0.3, 0.4) is 0 Å². The fourth-order valence-corrected chi connectivity index (χ4v) is 4.52. The van der Waals surface area contributed by atoms with Gasteiger partial charge in [-0.05, 0) is 67.3 Å². The first-order valence-electron chi connectivity index (χ1n) is 10.6. The van der Waals surface area contributed by atoms with Gasteiger partial charge in [0, 0.05) is 33.6 Å². The molecule has 0 radical (unpaired) electrons. The van der Waals surface area contributed by atoms with E-state index >= 15 is 0 Å². The quantitative estimate of drug-likeness (QED) is 0.421. The Morgan fingerprint density at radius 1 is 0.667 bits per heavy atom. The molecule has 2 aromatic heterocycles. The van der Waals surface area contributed by atoms with Gasteiger partial charge in [-0.1, -0.05) is 26.0 Å². The lowest BCUT2D eigenvalue weighted by atomic mass is 10.0. The molecule has 0 atom stereocenters. The zero-order valence-electron chi connectivity index (χ0n) is 17.5. The molecule has 5 rings (SSSR count). The number of hydrogen-bond acceptors (Lipinski definition) is 2. The number of aromatic nitrogens is 2. The third-order valence-electron chi connectivity index (χ3n) is 6.24. The molecule has 0 saturated carbocycles. The largest absolute Gasteiger partial charge is 0.354 e. The SMILES string of the molecule is CCc1ccc2[nH]c3cc4c(=O)c5cc(CC)ccc5n(CC)c4cc3c(=O)c2c1. The minimum Gasteiger partial charge on any atom is -0.354 e. The highest BCUT2D eigenvalue weighted by Crippen LogP contribution is 2.25. The van der Waals surface area contributed by atoms with Crippen molar-refractivity contribution in [3.63, 3.8) is 0 Å². The van der Waals surface area contributed by atoms with E-state index in [1.54, 1.807) is 0 Å². The van der Waals surface area contributed by atoms with Crippen molar-refractivity contribution in [2.75, 3.05) is 0 Å². The summed E-state index contributed by atoms with van der Waals surface area (Å²) in [6, 6.07) is 15.8. The van der Waals surface area contributed by atoms with Gasteiger partial charge in [0.25, 0.3) is 0 Å². The Balaban J connectivity index is 1.98. The predicted molar refractivity (Wildman–Crippen MR) is 126 cm³/mol. The van der Waals surface area contributed by atoms with Gasteiger partial charge >= 0.3 is 0 Å². The molecule has 150 valence electrons. The zero-order chi connectivity index (χ0) is 21.0. The summed E-state index contributed by atoms with van der Waals surface area (Å²) in [7, 11) is 0. The standard InChI is InChI=1S/C26H24N2O2/c1-4-15-7-9-21-17(11-15)25(29)18-14-24-20(13-22(18)27-21)26(30)19-12-16(5-2)8-10-23(19)28(24)6-3/h7-14H,4-6H2,1-3H3,(H,27,29). The minimum atomic E-state index is 0.00693. The monoisotopic (exact) mass is 396 g/mol. The Morgan fingerprint density at radius 2 is 1.27 bits per heavy atom. The van der Waals surface area contributed by atoms with Gasteiger partial charge in [-0.15, -0.1) is 0 Å². The molecule has 0 saturated heterocycles. The second-order valence-electron chi connectivity index (χ2n) is 7.88. The molecule has 3 aromatic carbocycles. The minimum absolute atomic E-state index is 0.00693. The van der Waals surface area contributed by atoms with Crippen LogP contribution in [0.5, 0.6) is 0 Å². The fraction of sp³-hybridized carbons (Fsp3) is 0.231. The normalized spacial score (nSPS) is 11.8. The van der Waals surface area contributed by atoms with Crippen LogP contribution in [0.25, 0.3) is 43.6 Å². The maximum atomic E-state index is 13.4. The number of fused-ring (bicyclic) bond motifs is 4. The van der Waals surface area contributed by atoms with E-state index < -0.39 is 0 Å². The number of H-pyrrole nitrogens is 1. The fourth-order valence-electron chi connectivity index (χ4n) is 4.52. The molecule has 2 heterocycles. The third kappa shape index (κ3) is 2.60. The average Bonchev–Trinajstić information content (AvgIpc) is 2.78. The maximum Gasteiger partial charge on any atom is 0.197 e. The summed E-state index contributed by atoms with van der Waals surface area (Å²) in [6.07, 6.45) is 1.77. The molecule has 0 bridgehead atoms. The maximum absolute atomic E-state index is 13.4. The highest BCUT2D eigenvalue weighted by atomic mass is 16.1. The van der Waals surface area contributed by atoms with Gasteiger partial charge in [-0.2, -0.15) is 0 Å². The average molecular weight is 396 g/mol. The molecule has 4 heteroatoms. The summed E-state index contributed by atoms with van der Waals surface area (Å²) in [5.41, 5.74) is 5.53. The molecule has 1 N–H and O–H groups in total. The van der Waals surface area contributed by atoms with E-state index in [9.17, 15) is 9.59 Å². The van der Waals surface area contributed by atoms with Crippen molar-refractivity contribution < 1.29 is 0 Å². The van der Waals surface area contributed by atoms with Crippen LogP contribution >= 0.6 is 0 Å². The summed E-state index contributed by atoms with van der Waals surface area (Å²) in [5.74, 6) is 0. The van der Waals surface area contributed by atoms with E-state index in [1.807, 2.05) is 42.5 Å². The Bertz CT molecular complexity index is 1590. The first-order valence-corrected chi connectivity index (χ1v) is 10.6. The molecule has 0 aliphatic rings. The summed E-state index contributed by atoms with van der Waals surface area (Å²) in [6.45, 7) is 6.96. The molecule has 0 spiro atoms. The molecule has 0 fully saturated rings. The summed E-state index contributed by atoms with van der Waals surface area (Å²) < 4.78 is 2.14. The van der Waals surface area contributed by atoms with E-state index in [2.05, 4.69) is 36.4 Å². The van der Waals surface area contributed by atoms with Crippen molar-refractivity contribution >= 4 is 43.6 Å². The Labute approximate surface area is 173 Å². The van der Waals surface area contributed by atoms with E-state index in [0.29, 0.717) is 21.7 Å². The van der Waals surface area contributed by atoms with Crippen LogP contribution in [0.2, 0.25) is 0 Å². The van der Waals surface area contributed by atoms with Crippen molar-refractivity contribution in [2.24, 2.45) is 0 Å². The summed E-state index contributed by atoms with van der Waals surface area (Å²) in [5, 5.41) is 2.69. The Morgan fingerprint density at radius 3 is 1.97 bits per heavy atom. The second kappa shape index (κ2) is 6.84. The highest BCUT2D eigenvalue weighted by molar-refractivity contribution is 6.03. The Hall–Kier alpha value is -3.40. The summed E-state index contributed by atoms with van der Waals surface area (Å²) in [4.78, 5) is 30.1. The number of aromatic amines is 1. The number of pyridine rings is 2. The number of aryl methyl sites for hydroxylation is 3. The highest BCUT2D eigenvalue weighted by Gasteiger charge is 2.14. The number of nitrogens with one attached hydrogen (secondary N) is 1. The molecular weight excluding hydrogens is 372 g/mol. The van der Waals surface area contributed by atoms with Crippen LogP contribution in [-0.4, -0.2) is 9.55 Å². The van der Waals surface area contributed by atoms with Crippen molar-refractivity contribution in [1.82, 2.24) is 9.55 Å². The topological polar surface area (TPSA) is 54.9 Å². The van der Waals surface area contributed by atoms with E-state index in [4.69, 9.17) is 0 Å². The Kier molecular flexibility index (Phi) is 4.24. The summed E-state index contributed by atoms with van der Waals surface area (Å²) >= 11 is 0. The molecule has 0 unspecified atom stereocenters. The molecule has 4 nitrogen and oxygen atoms in total. The smallest absolute Gasteiger partial charge is 0.197 e. The van der Waals surface area contributed by atoms with E-state index in [-0.39, 0.29) is 10.9 Å². The van der Waals surface area contributed by atoms with E-state index in [1.165, 1.54) is 0 Å². The van der Waals surface area contributed by atoms with E-state index in [0.717, 1.165) is 52.4 Å². The number of rotatable bonds is 3. The van der Waals surface area contributed by atoms with Gasteiger partial charge in [0.2, 0.25) is 0 Å². The van der Waals surface area contributed by atoms with Crippen molar-refractivity contribution in [3.05, 3.63) is 80.1 Å². The lowest BCUT2D eigenvalue weighted by Gasteiger charge is -2.15. The van der Waals surface area contributed by atoms with Crippen LogP contribution in [0.1, 0.15) is 31.9 Å². The third-order valence-corrected chi connectivity index (χ3v) is 6.24. The molecular formula is C26H24N2O2. The van der Waals surface area contributed by atoms with Gasteiger partial charge in [0.1, 0.15) is 0 Å². The van der Waals surface area contributed by atoms with Crippen LogP contribution < -0.4 is 10.9 Å². The van der Waals surface area contributed by atoms with Crippen LogP contribution in [-0.2, 0) is 19.4 Å². The van der Waals surface area contributed by atoms with Gasteiger partial charge in [-0.25, -0.2) is 0 Å². The van der Waals surface area contributed by atoms with Crippen LogP contribution in [0, 0.1) is 0 Å². The van der Waals surface area contributed by atoms with Crippen molar-refractivity contribution in [3.8, 4) is 0 Å².